The molecule has 0 unspecified atom stereocenters. The molecule has 2 aromatic rings. The smallest absolute Gasteiger partial charge is 0.351 e. The van der Waals surface area contributed by atoms with Gasteiger partial charge in [-0.25, -0.2) is 4.39 Å². The third-order valence-corrected chi connectivity index (χ3v) is 4.28. The summed E-state index contributed by atoms with van der Waals surface area (Å²) in [6.45, 7) is -0.593. The second-order valence-corrected chi connectivity index (χ2v) is 6.48. The molecule has 10 heteroatoms. The van der Waals surface area contributed by atoms with Gasteiger partial charge in [-0.15, -0.1) is 0 Å². The first kappa shape index (κ1) is 23.4. The first-order valence-corrected chi connectivity index (χ1v) is 8.67. The van der Waals surface area contributed by atoms with E-state index >= 15 is 0 Å². The fourth-order valence-corrected chi connectivity index (χ4v) is 2.81. The summed E-state index contributed by atoms with van der Waals surface area (Å²) in [5.41, 5.74) is -3.01. The van der Waals surface area contributed by atoms with Crippen molar-refractivity contribution < 1.29 is 40.3 Å². The van der Waals surface area contributed by atoms with Gasteiger partial charge in [0.1, 0.15) is 12.1 Å². The Bertz CT molecular complexity index is 857. The maximum atomic E-state index is 13.1. The molecule has 0 aliphatic heterocycles. The van der Waals surface area contributed by atoms with Gasteiger partial charge in [-0.2, -0.15) is 26.3 Å². The van der Waals surface area contributed by atoms with E-state index < -0.39 is 53.2 Å². The Morgan fingerprint density at radius 2 is 1.47 bits per heavy atom. The average Bonchev–Trinajstić information content (AvgIpc) is 2.66. The van der Waals surface area contributed by atoms with Crippen molar-refractivity contribution in [2.24, 2.45) is 0 Å². The maximum Gasteiger partial charge on any atom is 0.416 e. The molecule has 0 saturated heterocycles. The SMILES string of the molecule is O=CCC[C@H](C(=O)NCc1cc(C(F)(F)F)cc(C(F)(F)F)c1)c1ccc(F)cc1. The van der Waals surface area contributed by atoms with Crippen molar-refractivity contribution in [2.75, 3.05) is 0 Å². The Labute approximate surface area is 166 Å². The number of amides is 1. The summed E-state index contributed by atoms with van der Waals surface area (Å²) >= 11 is 0. The van der Waals surface area contributed by atoms with Gasteiger partial charge in [0.15, 0.2) is 0 Å². The second kappa shape index (κ2) is 9.27. The summed E-state index contributed by atoms with van der Waals surface area (Å²) in [5, 5.41) is 2.30. The molecule has 162 valence electrons. The van der Waals surface area contributed by atoms with E-state index in [1.807, 2.05) is 0 Å². The minimum atomic E-state index is -5.00. The molecular weight excluding hydrogens is 419 g/mol. The fraction of sp³-hybridized carbons (Fsp3) is 0.300. The van der Waals surface area contributed by atoms with E-state index in [0.717, 1.165) is 12.1 Å². The first-order valence-electron chi connectivity index (χ1n) is 8.67. The molecule has 1 atom stereocenters. The van der Waals surface area contributed by atoms with Crippen molar-refractivity contribution >= 4 is 12.2 Å². The Morgan fingerprint density at radius 1 is 0.933 bits per heavy atom. The Hall–Kier alpha value is -2.91. The molecule has 1 N–H and O–H groups in total. The molecule has 0 spiro atoms. The van der Waals surface area contributed by atoms with Gasteiger partial charge in [-0.3, -0.25) is 4.79 Å². The molecule has 3 nitrogen and oxygen atoms in total. The van der Waals surface area contributed by atoms with Crippen LogP contribution in [-0.4, -0.2) is 12.2 Å². The lowest BCUT2D eigenvalue weighted by molar-refractivity contribution is -0.143. The van der Waals surface area contributed by atoms with Crippen molar-refractivity contribution in [3.63, 3.8) is 0 Å². The molecule has 0 fully saturated rings. The van der Waals surface area contributed by atoms with Crippen LogP contribution in [0.15, 0.2) is 42.5 Å². The number of rotatable bonds is 7. The van der Waals surface area contributed by atoms with Gasteiger partial charge in [0, 0.05) is 13.0 Å². The van der Waals surface area contributed by atoms with Crippen LogP contribution in [0.25, 0.3) is 0 Å². The van der Waals surface area contributed by atoms with Crippen LogP contribution in [0.5, 0.6) is 0 Å². The van der Waals surface area contributed by atoms with Gasteiger partial charge in [-0.1, -0.05) is 12.1 Å². The van der Waals surface area contributed by atoms with Crippen LogP contribution >= 0.6 is 0 Å². The molecule has 0 heterocycles. The lowest BCUT2D eigenvalue weighted by Gasteiger charge is -2.18. The maximum absolute atomic E-state index is 13.1. The minimum absolute atomic E-state index is 0.00325. The summed E-state index contributed by atoms with van der Waals surface area (Å²) in [4.78, 5) is 23.2. The highest BCUT2D eigenvalue weighted by Gasteiger charge is 2.37. The van der Waals surface area contributed by atoms with Crippen LogP contribution in [0.2, 0.25) is 0 Å². The monoisotopic (exact) mass is 435 g/mol. The topological polar surface area (TPSA) is 46.2 Å². The lowest BCUT2D eigenvalue weighted by atomic mass is 9.93. The van der Waals surface area contributed by atoms with Crippen LogP contribution in [0, 0.1) is 5.82 Å². The number of hydrogen-bond acceptors (Lipinski definition) is 2. The second-order valence-electron chi connectivity index (χ2n) is 6.48. The van der Waals surface area contributed by atoms with Gasteiger partial charge in [0.2, 0.25) is 5.91 Å². The van der Waals surface area contributed by atoms with E-state index in [9.17, 15) is 40.3 Å². The van der Waals surface area contributed by atoms with Crippen LogP contribution in [0.1, 0.15) is 41.0 Å². The number of benzene rings is 2. The number of nitrogens with one attached hydrogen (secondary N) is 1. The number of carbonyl (C=O) groups is 2. The predicted octanol–water partition coefficient (Wildman–Crippen LogP) is 5.24. The van der Waals surface area contributed by atoms with Crippen molar-refractivity contribution in [3.05, 3.63) is 70.5 Å². The molecule has 0 aliphatic rings. The van der Waals surface area contributed by atoms with E-state index in [4.69, 9.17) is 0 Å². The molecule has 2 rings (SSSR count). The van der Waals surface area contributed by atoms with Gasteiger partial charge < -0.3 is 10.1 Å². The number of halogens is 7. The highest BCUT2D eigenvalue weighted by atomic mass is 19.4. The quantitative estimate of drug-likeness (QED) is 0.478. The number of carbonyl (C=O) groups excluding carboxylic acids is 2. The largest absolute Gasteiger partial charge is 0.416 e. The lowest BCUT2D eigenvalue weighted by Crippen LogP contribution is -2.29. The van der Waals surface area contributed by atoms with E-state index in [1.165, 1.54) is 12.1 Å². The summed E-state index contributed by atoms with van der Waals surface area (Å²) in [6, 6.07) is 5.86. The normalized spacial score (nSPS) is 13.0. The zero-order chi connectivity index (χ0) is 22.5. The zero-order valence-corrected chi connectivity index (χ0v) is 15.3. The van der Waals surface area contributed by atoms with Crippen LogP contribution in [0.4, 0.5) is 30.7 Å². The third-order valence-electron chi connectivity index (χ3n) is 4.28. The van der Waals surface area contributed by atoms with Crippen LogP contribution in [0.3, 0.4) is 0 Å². The molecule has 0 bridgehead atoms. The molecule has 0 radical (unpaired) electrons. The Balaban J connectivity index is 2.25. The van der Waals surface area contributed by atoms with E-state index in [0.29, 0.717) is 24.0 Å². The number of aldehydes is 1. The summed E-state index contributed by atoms with van der Waals surface area (Å²) in [7, 11) is 0. The summed E-state index contributed by atoms with van der Waals surface area (Å²) in [5.74, 6) is -2.20. The zero-order valence-electron chi connectivity index (χ0n) is 15.3. The molecular formula is C20H16F7NO2. The van der Waals surface area contributed by atoms with Gasteiger partial charge in [-0.05, 0) is 47.9 Å². The van der Waals surface area contributed by atoms with Crippen molar-refractivity contribution in [1.29, 1.82) is 0 Å². The average molecular weight is 435 g/mol. The van der Waals surface area contributed by atoms with Crippen molar-refractivity contribution in [3.8, 4) is 0 Å². The van der Waals surface area contributed by atoms with Crippen molar-refractivity contribution in [1.82, 2.24) is 5.32 Å². The molecule has 0 aliphatic carbocycles. The molecule has 0 aromatic heterocycles. The predicted molar refractivity (Wildman–Crippen MR) is 92.7 cm³/mol. The van der Waals surface area contributed by atoms with Crippen LogP contribution < -0.4 is 5.32 Å². The highest BCUT2D eigenvalue weighted by molar-refractivity contribution is 5.83. The third kappa shape index (κ3) is 6.30. The van der Waals surface area contributed by atoms with Crippen LogP contribution in [-0.2, 0) is 28.5 Å². The summed E-state index contributed by atoms with van der Waals surface area (Å²) < 4.78 is 90.7. The summed E-state index contributed by atoms with van der Waals surface area (Å²) in [6.07, 6.45) is -9.41. The Kier molecular flexibility index (Phi) is 7.22. The first-order chi connectivity index (χ1) is 13.9. The molecule has 30 heavy (non-hydrogen) atoms. The number of alkyl halides is 6. The molecule has 1 amide bonds. The van der Waals surface area contributed by atoms with Gasteiger partial charge >= 0.3 is 12.4 Å². The van der Waals surface area contributed by atoms with Gasteiger partial charge in [0.05, 0.1) is 17.0 Å². The molecule has 0 saturated carbocycles. The van der Waals surface area contributed by atoms with Gasteiger partial charge in [0.25, 0.3) is 0 Å². The Morgan fingerprint density at radius 3 is 1.93 bits per heavy atom. The van der Waals surface area contributed by atoms with Crippen molar-refractivity contribution in [2.45, 2.75) is 37.7 Å². The fourth-order valence-electron chi connectivity index (χ4n) is 2.81. The standard InChI is InChI=1S/C20H16F7NO2/c21-16-5-3-13(4-6-16)17(2-1-7-29)18(30)28-11-12-8-14(19(22,23)24)10-15(9-12)20(25,26)27/h3-10,17H,1-2,11H2,(H,28,30)/t17-/m0/s1. The van der Waals surface area contributed by atoms with E-state index in [-0.39, 0.29) is 18.9 Å². The van der Waals surface area contributed by atoms with E-state index in [2.05, 4.69) is 5.32 Å². The highest BCUT2D eigenvalue weighted by Crippen LogP contribution is 2.36. The number of hydrogen-bond donors (Lipinski definition) is 1. The molecule has 2 aromatic carbocycles. The minimum Gasteiger partial charge on any atom is -0.351 e. The van der Waals surface area contributed by atoms with E-state index in [1.54, 1.807) is 0 Å².